The topological polar surface area (TPSA) is 118 Å². The molecule has 0 aliphatic carbocycles. The van der Waals surface area contributed by atoms with E-state index in [0.717, 1.165) is 5.52 Å². The molecule has 3 aromatic heterocycles. The molecule has 0 spiro atoms. The summed E-state index contributed by atoms with van der Waals surface area (Å²) in [6, 6.07) is 3.54. The number of rotatable bonds is 1. The second kappa shape index (κ2) is 2.80. The van der Waals surface area contributed by atoms with Gasteiger partial charge in [0, 0.05) is 6.20 Å². The summed E-state index contributed by atoms with van der Waals surface area (Å²) in [5, 5.41) is 11.2. The van der Waals surface area contributed by atoms with E-state index in [9.17, 15) is 8.42 Å². The first kappa shape index (κ1) is 9.31. The van der Waals surface area contributed by atoms with E-state index in [1.807, 2.05) is 0 Å². The van der Waals surface area contributed by atoms with Gasteiger partial charge in [0.15, 0.2) is 5.03 Å². The number of nitrogens with zero attached hydrogens (tertiary/aromatic N) is 2. The van der Waals surface area contributed by atoms with Gasteiger partial charge in [-0.1, -0.05) is 0 Å². The van der Waals surface area contributed by atoms with E-state index in [1.165, 1.54) is 0 Å². The molecule has 0 saturated carbocycles. The zero-order valence-electron chi connectivity index (χ0n) is 7.93. The van der Waals surface area contributed by atoms with Crippen molar-refractivity contribution in [3.8, 4) is 0 Å². The van der Waals surface area contributed by atoms with Crippen LogP contribution in [0.5, 0.6) is 0 Å². The Labute approximate surface area is 89.7 Å². The summed E-state index contributed by atoms with van der Waals surface area (Å²) in [5.74, 6) is 0. The monoisotopic (exact) mass is 237 g/mol. The van der Waals surface area contributed by atoms with Gasteiger partial charge in [-0.05, 0) is 12.1 Å². The molecule has 0 fully saturated rings. The molecule has 0 aromatic carbocycles. The SMILES string of the molecule is NS(=O)(=O)c1[nH]nc2c1[nH]c1cccnc12. The molecule has 7 nitrogen and oxygen atoms in total. The highest BCUT2D eigenvalue weighted by molar-refractivity contribution is 7.89. The number of pyridine rings is 1. The Morgan fingerprint density at radius 2 is 2.12 bits per heavy atom. The number of nitrogens with one attached hydrogen (secondary N) is 2. The first-order valence-corrected chi connectivity index (χ1v) is 5.95. The minimum absolute atomic E-state index is 0.125. The highest BCUT2D eigenvalue weighted by atomic mass is 32.2. The Kier molecular flexibility index (Phi) is 1.63. The normalized spacial score (nSPS) is 12.6. The van der Waals surface area contributed by atoms with Crippen LogP contribution in [0, 0.1) is 0 Å². The van der Waals surface area contributed by atoms with Crippen LogP contribution in [-0.2, 0) is 10.0 Å². The number of H-pyrrole nitrogens is 2. The molecule has 0 atom stereocenters. The Balaban J connectivity index is 2.53. The maximum Gasteiger partial charge on any atom is 0.257 e. The first-order valence-electron chi connectivity index (χ1n) is 4.41. The van der Waals surface area contributed by atoms with Crippen LogP contribution in [0.2, 0.25) is 0 Å². The van der Waals surface area contributed by atoms with Crippen molar-refractivity contribution >= 4 is 32.1 Å². The molecule has 3 heterocycles. The van der Waals surface area contributed by atoms with Crippen molar-refractivity contribution < 1.29 is 8.42 Å². The van der Waals surface area contributed by atoms with Gasteiger partial charge in [0.05, 0.1) is 5.52 Å². The van der Waals surface area contributed by atoms with Crippen molar-refractivity contribution in [3.63, 3.8) is 0 Å². The van der Waals surface area contributed by atoms with Gasteiger partial charge in [-0.2, -0.15) is 5.10 Å². The van der Waals surface area contributed by atoms with Crippen molar-refractivity contribution in [2.24, 2.45) is 5.14 Å². The van der Waals surface area contributed by atoms with E-state index in [-0.39, 0.29) is 5.03 Å². The van der Waals surface area contributed by atoms with E-state index < -0.39 is 10.0 Å². The van der Waals surface area contributed by atoms with Crippen LogP contribution in [0.25, 0.3) is 22.1 Å². The largest absolute Gasteiger partial charge is 0.349 e. The van der Waals surface area contributed by atoms with Crippen LogP contribution in [0.4, 0.5) is 0 Å². The van der Waals surface area contributed by atoms with Crippen LogP contribution in [0.1, 0.15) is 0 Å². The van der Waals surface area contributed by atoms with E-state index in [0.29, 0.717) is 16.6 Å². The fourth-order valence-corrected chi connectivity index (χ4v) is 2.25. The van der Waals surface area contributed by atoms with Gasteiger partial charge < -0.3 is 4.98 Å². The summed E-state index contributed by atoms with van der Waals surface area (Å²) in [7, 11) is -3.81. The molecule has 0 aliphatic rings. The van der Waals surface area contributed by atoms with E-state index >= 15 is 0 Å². The second-order valence-corrected chi connectivity index (χ2v) is 4.84. The van der Waals surface area contributed by atoms with E-state index in [2.05, 4.69) is 20.2 Å². The van der Waals surface area contributed by atoms with Crippen LogP contribution >= 0.6 is 0 Å². The van der Waals surface area contributed by atoms with Crippen LogP contribution in [0.15, 0.2) is 23.4 Å². The maximum absolute atomic E-state index is 11.3. The lowest BCUT2D eigenvalue weighted by molar-refractivity contribution is 0.594. The molecule has 0 amide bonds. The summed E-state index contributed by atoms with van der Waals surface area (Å²) >= 11 is 0. The average Bonchev–Trinajstić information content (AvgIpc) is 2.73. The minimum atomic E-state index is -3.81. The van der Waals surface area contributed by atoms with E-state index in [4.69, 9.17) is 5.14 Å². The molecule has 0 bridgehead atoms. The lowest BCUT2D eigenvalue weighted by Gasteiger charge is -1.90. The zero-order chi connectivity index (χ0) is 11.3. The van der Waals surface area contributed by atoms with Gasteiger partial charge in [0.1, 0.15) is 16.6 Å². The molecule has 0 radical (unpaired) electrons. The summed E-state index contributed by atoms with van der Waals surface area (Å²) in [6.07, 6.45) is 1.61. The predicted molar refractivity (Wildman–Crippen MR) is 57.1 cm³/mol. The summed E-state index contributed by atoms with van der Waals surface area (Å²) in [4.78, 5) is 7.03. The standard InChI is InChI=1S/C8H7N5O2S/c9-16(14,15)8-7-6(12-13-8)5-4(11-7)2-1-3-10-5/h1-3,11H,(H,12,13)(H2,9,14,15). The van der Waals surface area contributed by atoms with Crippen molar-refractivity contribution in [2.75, 3.05) is 0 Å². The second-order valence-electron chi connectivity index (χ2n) is 3.35. The molecule has 82 valence electrons. The highest BCUT2D eigenvalue weighted by Crippen LogP contribution is 2.25. The fraction of sp³-hybridized carbons (Fsp3) is 0. The third-order valence-corrected chi connectivity index (χ3v) is 3.17. The molecular formula is C8H7N5O2S. The molecule has 3 rings (SSSR count). The molecule has 16 heavy (non-hydrogen) atoms. The first-order chi connectivity index (χ1) is 7.57. The van der Waals surface area contributed by atoms with Gasteiger partial charge in [-0.25, -0.2) is 13.6 Å². The highest BCUT2D eigenvalue weighted by Gasteiger charge is 2.19. The van der Waals surface area contributed by atoms with Crippen molar-refractivity contribution in [3.05, 3.63) is 18.3 Å². The number of hydrogen-bond acceptors (Lipinski definition) is 4. The van der Waals surface area contributed by atoms with Crippen molar-refractivity contribution in [2.45, 2.75) is 5.03 Å². The Morgan fingerprint density at radius 3 is 2.88 bits per heavy atom. The lowest BCUT2D eigenvalue weighted by atomic mass is 10.4. The third-order valence-electron chi connectivity index (χ3n) is 2.31. The molecular weight excluding hydrogens is 230 g/mol. The summed E-state index contributed by atoms with van der Waals surface area (Å²) in [6.45, 7) is 0. The Bertz CT molecular complexity index is 785. The lowest BCUT2D eigenvalue weighted by Crippen LogP contribution is -2.13. The molecule has 4 N–H and O–H groups in total. The Morgan fingerprint density at radius 1 is 1.31 bits per heavy atom. The van der Waals surface area contributed by atoms with Gasteiger partial charge in [0.25, 0.3) is 10.0 Å². The molecule has 0 saturated heterocycles. The number of primary sulfonamides is 1. The number of nitrogens with two attached hydrogens (primary N) is 1. The van der Waals surface area contributed by atoms with Gasteiger partial charge in [0.2, 0.25) is 0 Å². The van der Waals surface area contributed by atoms with Gasteiger partial charge >= 0.3 is 0 Å². The van der Waals surface area contributed by atoms with Gasteiger partial charge in [-0.3, -0.25) is 10.1 Å². The number of fused-ring (bicyclic) bond motifs is 3. The number of aromatic amines is 2. The smallest absolute Gasteiger partial charge is 0.257 e. The van der Waals surface area contributed by atoms with Crippen molar-refractivity contribution in [1.29, 1.82) is 0 Å². The van der Waals surface area contributed by atoms with Crippen LogP contribution in [0.3, 0.4) is 0 Å². The van der Waals surface area contributed by atoms with E-state index in [1.54, 1.807) is 18.3 Å². The third kappa shape index (κ3) is 1.14. The summed E-state index contributed by atoms with van der Waals surface area (Å²) in [5.41, 5.74) is 2.17. The predicted octanol–water partition coefficient (Wildman–Crippen LogP) is 0.0866. The fourth-order valence-electron chi connectivity index (χ4n) is 1.65. The number of sulfonamides is 1. The van der Waals surface area contributed by atoms with Crippen LogP contribution < -0.4 is 5.14 Å². The molecule has 0 aliphatic heterocycles. The zero-order valence-corrected chi connectivity index (χ0v) is 8.75. The molecule has 0 unspecified atom stereocenters. The number of hydrogen-bond donors (Lipinski definition) is 3. The average molecular weight is 237 g/mol. The van der Waals surface area contributed by atoms with Gasteiger partial charge in [-0.15, -0.1) is 0 Å². The molecule has 8 heteroatoms. The van der Waals surface area contributed by atoms with Crippen LogP contribution in [-0.4, -0.2) is 28.6 Å². The maximum atomic E-state index is 11.3. The van der Waals surface area contributed by atoms with Crippen molar-refractivity contribution in [1.82, 2.24) is 20.2 Å². The molecule has 3 aromatic rings. The minimum Gasteiger partial charge on any atom is -0.349 e. The number of aromatic nitrogens is 4. The Hall–Kier alpha value is -1.93. The quantitative estimate of drug-likeness (QED) is 0.555. The summed E-state index contributed by atoms with van der Waals surface area (Å²) < 4.78 is 22.5.